The van der Waals surface area contributed by atoms with Gasteiger partial charge in [0.25, 0.3) is 0 Å². The van der Waals surface area contributed by atoms with Crippen molar-refractivity contribution in [3.63, 3.8) is 0 Å². The number of rotatable bonds is 3. The number of fused-ring (bicyclic) bond motifs is 1. The quantitative estimate of drug-likeness (QED) is 0.750. The summed E-state index contributed by atoms with van der Waals surface area (Å²) in [6.45, 7) is 0.407. The Kier molecular flexibility index (Phi) is 2.49. The first kappa shape index (κ1) is 9.57. The lowest BCUT2D eigenvalue weighted by atomic mass is 10.5. The van der Waals surface area contributed by atoms with E-state index in [0.717, 1.165) is 5.01 Å². The van der Waals surface area contributed by atoms with Gasteiger partial charge >= 0.3 is 0 Å². The van der Waals surface area contributed by atoms with Crippen molar-refractivity contribution in [3.8, 4) is 0 Å². The van der Waals surface area contributed by atoms with Crippen LogP contribution in [0.3, 0.4) is 0 Å². The van der Waals surface area contributed by atoms with E-state index in [9.17, 15) is 4.79 Å². The number of methoxy groups -OCH3 is 1. The minimum absolute atomic E-state index is 0.183. The number of ether oxygens (including phenoxy) is 1. The zero-order valence-electron chi connectivity index (χ0n) is 7.23. The van der Waals surface area contributed by atoms with Crippen molar-refractivity contribution in [2.75, 3.05) is 7.11 Å². The number of carbonyl (C=O) groups is 1. The third kappa shape index (κ3) is 1.41. The zero-order chi connectivity index (χ0) is 10.1. The largest absolute Gasteiger partial charge is 0.377 e. The molecule has 2 rings (SSSR count). The first-order valence-corrected chi connectivity index (χ1v) is 4.93. The van der Waals surface area contributed by atoms with E-state index in [4.69, 9.17) is 16.3 Å². The van der Waals surface area contributed by atoms with E-state index < -0.39 is 0 Å². The molecule has 0 aliphatic carbocycles. The number of nitrogens with zero attached hydrogens (tertiary/aromatic N) is 3. The molecule has 2 aromatic rings. The molecular formula is C7H6ClN3O2S. The normalized spacial score (nSPS) is 11.0. The Balaban J connectivity index is 2.56. The Morgan fingerprint density at radius 3 is 3.14 bits per heavy atom. The molecule has 74 valence electrons. The number of halogens is 1. The summed E-state index contributed by atoms with van der Waals surface area (Å²) in [5, 5.41) is 5.07. The molecule has 0 spiro atoms. The first-order valence-electron chi connectivity index (χ1n) is 3.74. The molecule has 0 aromatic carbocycles. The average molecular weight is 232 g/mol. The molecule has 14 heavy (non-hydrogen) atoms. The average Bonchev–Trinajstić information content (AvgIpc) is 2.61. The number of hydrogen-bond acceptors (Lipinski definition) is 5. The van der Waals surface area contributed by atoms with Crippen LogP contribution in [0.5, 0.6) is 0 Å². The van der Waals surface area contributed by atoms with Crippen molar-refractivity contribution in [2.24, 2.45) is 0 Å². The smallest absolute Gasteiger partial charge is 0.214 e. The second-order valence-corrected chi connectivity index (χ2v) is 3.93. The topological polar surface area (TPSA) is 56.5 Å². The van der Waals surface area contributed by atoms with E-state index in [0.29, 0.717) is 17.9 Å². The van der Waals surface area contributed by atoms with Crippen LogP contribution in [0.15, 0.2) is 0 Å². The van der Waals surface area contributed by atoms with Crippen LogP contribution in [0.25, 0.3) is 4.96 Å². The molecule has 0 bridgehead atoms. The lowest BCUT2D eigenvalue weighted by molar-refractivity contribution is 0.111. The van der Waals surface area contributed by atoms with Crippen LogP contribution in [0, 0.1) is 0 Å². The van der Waals surface area contributed by atoms with Gasteiger partial charge in [-0.3, -0.25) is 4.79 Å². The summed E-state index contributed by atoms with van der Waals surface area (Å²) in [4.78, 5) is 15.2. The van der Waals surface area contributed by atoms with Crippen LogP contribution >= 0.6 is 22.9 Å². The number of hydrogen-bond donors (Lipinski definition) is 0. The summed E-state index contributed by atoms with van der Waals surface area (Å²) in [5.74, 6) is 0. The molecule has 0 unspecified atom stereocenters. The van der Waals surface area contributed by atoms with Gasteiger partial charge < -0.3 is 4.74 Å². The molecule has 2 aromatic heterocycles. The Morgan fingerprint density at radius 1 is 1.71 bits per heavy atom. The molecule has 0 amide bonds. The molecule has 0 atom stereocenters. The lowest BCUT2D eigenvalue weighted by Crippen LogP contribution is -1.94. The molecule has 0 aliphatic heterocycles. The maximum Gasteiger partial charge on any atom is 0.214 e. The molecule has 5 nitrogen and oxygen atoms in total. The van der Waals surface area contributed by atoms with Gasteiger partial charge in [0.15, 0.2) is 11.4 Å². The fourth-order valence-corrected chi connectivity index (χ4v) is 2.19. The van der Waals surface area contributed by atoms with Gasteiger partial charge in [-0.1, -0.05) is 22.9 Å². The van der Waals surface area contributed by atoms with E-state index in [1.807, 2.05) is 0 Å². The summed E-state index contributed by atoms with van der Waals surface area (Å²) in [7, 11) is 1.58. The van der Waals surface area contributed by atoms with Gasteiger partial charge in [-0.25, -0.2) is 4.98 Å². The minimum Gasteiger partial charge on any atom is -0.377 e. The van der Waals surface area contributed by atoms with E-state index in [1.165, 1.54) is 15.9 Å². The summed E-state index contributed by atoms with van der Waals surface area (Å²) in [6, 6.07) is 0. The third-order valence-corrected chi connectivity index (χ3v) is 2.77. The maximum absolute atomic E-state index is 10.7. The number of carbonyl (C=O) groups excluding carboxylic acids is 1. The molecular weight excluding hydrogens is 226 g/mol. The highest BCUT2D eigenvalue weighted by atomic mass is 35.5. The fourth-order valence-electron chi connectivity index (χ4n) is 1.06. The summed E-state index contributed by atoms with van der Waals surface area (Å²) < 4.78 is 6.34. The molecule has 0 aliphatic rings. The highest BCUT2D eigenvalue weighted by Crippen LogP contribution is 2.21. The predicted octanol–water partition coefficient (Wildman–Crippen LogP) is 1.40. The van der Waals surface area contributed by atoms with Crippen molar-refractivity contribution < 1.29 is 9.53 Å². The highest BCUT2D eigenvalue weighted by Gasteiger charge is 2.13. The molecule has 0 radical (unpaired) electrons. The van der Waals surface area contributed by atoms with Crippen LogP contribution in [-0.2, 0) is 11.3 Å². The summed E-state index contributed by atoms with van der Waals surface area (Å²) in [5.41, 5.74) is 0.278. The van der Waals surface area contributed by atoms with Crippen molar-refractivity contribution in [1.82, 2.24) is 14.6 Å². The van der Waals surface area contributed by atoms with Crippen molar-refractivity contribution in [3.05, 3.63) is 15.9 Å². The molecule has 0 N–H and O–H groups in total. The van der Waals surface area contributed by atoms with Gasteiger partial charge in [0.2, 0.25) is 4.96 Å². The molecule has 0 fully saturated rings. The Labute approximate surface area is 88.3 Å². The Morgan fingerprint density at radius 2 is 2.50 bits per heavy atom. The van der Waals surface area contributed by atoms with Gasteiger partial charge in [-0.15, -0.1) is 0 Å². The van der Waals surface area contributed by atoms with Crippen molar-refractivity contribution in [2.45, 2.75) is 6.61 Å². The van der Waals surface area contributed by atoms with E-state index in [2.05, 4.69) is 10.1 Å². The first-order chi connectivity index (χ1) is 6.76. The van der Waals surface area contributed by atoms with Crippen LogP contribution < -0.4 is 0 Å². The van der Waals surface area contributed by atoms with Crippen molar-refractivity contribution >= 4 is 34.2 Å². The Bertz CT molecular complexity index is 478. The second kappa shape index (κ2) is 3.64. The van der Waals surface area contributed by atoms with E-state index in [1.54, 1.807) is 7.11 Å². The number of imidazole rings is 1. The number of aromatic nitrogens is 3. The predicted molar refractivity (Wildman–Crippen MR) is 52.0 cm³/mol. The van der Waals surface area contributed by atoms with Crippen LogP contribution in [-0.4, -0.2) is 28.0 Å². The van der Waals surface area contributed by atoms with Crippen LogP contribution in [0.4, 0.5) is 0 Å². The molecule has 2 heterocycles. The molecule has 7 heteroatoms. The molecule has 0 saturated heterocycles. The molecule has 0 saturated carbocycles. The monoisotopic (exact) mass is 231 g/mol. The van der Waals surface area contributed by atoms with Crippen molar-refractivity contribution in [1.29, 1.82) is 0 Å². The third-order valence-electron chi connectivity index (χ3n) is 1.61. The van der Waals surface area contributed by atoms with Gasteiger partial charge in [-0.05, 0) is 0 Å². The van der Waals surface area contributed by atoms with Gasteiger partial charge in [0.05, 0.1) is 6.61 Å². The van der Waals surface area contributed by atoms with Gasteiger partial charge in [-0.2, -0.15) is 9.61 Å². The number of aldehydes is 1. The van der Waals surface area contributed by atoms with E-state index >= 15 is 0 Å². The van der Waals surface area contributed by atoms with E-state index in [-0.39, 0.29) is 10.8 Å². The lowest BCUT2D eigenvalue weighted by Gasteiger charge is -1.89. The second-order valence-electron chi connectivity index (χ2n) is 2.53. The van der Waals surface area contributed by atoms with Crippen LogP contribution in [0.2, 0.25) is 5.15 Å². The summed E-state index contributed by atoms with van der Waals surface area (Å²) in [6.07, 6.45) is 0.638. The maximum atomic E-state index is 10.7. The highest BCUT2D eigenvalue weighted by molar-refractivity contribution is 7.16. The van der Waals surface area contributed by atoms with Crippen LogP contribution in [0.1, 0.15) is 15.5 Å². The fraction of sp³-hybridized carbons (Fsp3) is 0.286. The van der Waals surface area contributed by atoms with Gasteiger partial charge in [0, 0.05) is 7.11 Å². The standard InChI is InChI=1S/C7H6ClN3O2S/c1-13-3-5-10-11-4(2-12)6(8)9-7(11)14-5/h2H,3H2,1H3. The SMILES string of the molecule is COCc1nn2c(C=O)c(Cl)nc2s1. The van der Waals surface area contributed by atoms with Gasteiger partial charge in [0.1, 0.15) is 10.7 Å². The summed E-state index contributed by atoms with van der Waals surface area (Å²) >= 11 is 7.06. The zero-order valence-corrected chi connectivity index (χ0v) is 8.80. The minimum atomic E-state index is 0.183. The Hall–Kier alpha value is -0.980.